The topological polar surface area (TPSA) is 106 Å². The minimum Gasteiger partial charge on any atom is -0.479 e. The first kappa shape index (κ1) is 12.8. The Labute approximate surface area is 107 Å². The number of carbonyl (C=O) groups is 1. The van der Waals surface area contributed by atoms with E-state index in [0.717, 1.165) is 0 Å². The molecular formula is C9H11ClN4O4. The van der Waals surface area contributed by atoms with Crippen molar-refractivity contribution >= 4 is 23.5 Å². The summed E-state index contributed by atoms with van der Waals surface area (Å²) < 4.78 is 9.93. The number of anilines is 1. The number of ether oxygens (including phenoxy) is 2. The number of nitrogens with one attached hydrogen (secondary N) is 1. The van der Waals surface area contributed by atoms with Crippen LogP contribution >= 0.6 is 11.6 Å². The highest BCUT2D eigenvalue weighted by atomic mass is 35.5. The van der Waals surface area contributed by atoms with Crippen LogP contribution in [0.3, 0.4) is 0 Å². The van der Waals surface area contributed by atoms with Crippen molar-refractivity contribution in [3.63, 3.8) is 0 Å². The van der Waals surface area contributed by atoms with Gasteiger partial charge in [0, 0.05) is 13.0 Å². The third kappa shape index (κ3) is 2.44. The Hall–Kier alpha value is -1.67. The quantitative estimate of drug-likeness (QED) is 0.801. The molecule has 2 rings (SSSR count). The predicted octanol–water partition coefficient (Wildman–Crippen LogP) is 0.189. The number of halogens is 1. The molecule has 0 radical (unpaired) electrons. The Morgan fingerprint density at radius 2 is 2.33 bits per heavy atom. The molecule has 0 amide bonds. The van der Waals surface area contributed by atoms with E-state index in [0.29, 0.717) is 13.0 Å². The fourth-order valence-electron chi connectivity index (χ4n) is 1.58. The second-order valence-corrected chi connectivity index (χ2v) is 4.07. The molecule has 0 aliphatic carbocycles. The van der Waals surface area contributed by atoms with Crippen molar-refractivity contribution in [1.82, 2.24) is 15.0 Å². The molecule has 0 spiro atoms. The van der Waals surface area contributed by atoms with Crippen molar-refractivity contribution in [2.75, 3.05) is 25.6 Å². The zero-order valence-corrected chi connectivity index (χ0v) is 10.3. The number of nitrogens with zero attached hydrogens (tertiary/aromatic N) is 3. The van der Waals surface area contributed by atoms with Crippen LogP contribution in [-0.2, 0) is 9.53 Å². The lowest BCUT2D eigenvalue weighted by Gasteiger charge is -2.23. The van der Waals surface area contributed by atoms with Gasteiger partial charge in [-0.3, -0.25) is 0 Å². The molecular weight excluding hydrogens is 264 g/mol. The third-order valence-electron chi connectivity index (χ3n) is 2.55. The van der Waals surface area contributed by atoms with Crippen LogP contribution in [0.2, 0.25) is 5.28 Å². The van der Waals surface area contributed by atoms with Crippen molar-refractivity contribution in [2.24, 2.45) is 0 Å². The average Bonchev–Trinajstić information content (AvgIpc) is 2.78. The Balaban J connectivity index is 2.26. The number of carboxylic acid groups (broad SMARTS) is 1. The second kappa shape index (κ2) is 4.91. The smallest absolute Gasteiger partial charge is 0.331 e. The second-order valence-electron chi connectivity index (χ2n) is 3.73. The molecule has 1 saturated heterocycles. The molecule has 98 valence electrons. The standard InChI is InChI=1S/C9H11ClN4O4/c1-17-8-12-6(10)11-7(13-8)14-9(5(15)16)2-3-18-4-9/h2-4H2,1H3,(H,15,16)(H,11,12,13,14). The minimum absolute atomic E-state index is 0.0111. The Morgan fingerprint density at radius 1 is 1.56 bits per heavy atom. The predicted molar refractivity (Wildman–Crippen MR) is 60.8 cm³/mol. The lowest BCUT2D eigenvalue weighted by molar-refractivity contribution is -0.142. The molecule has 0 bridgehead atoms. The lowest BCUT2D eigenvalue weighted by Crippen LogP contribution is -2.47. The highest BCUT2D eigenvalue weighted by Gasteiger charge is 2.43. The van der Waals surface area contributed by atoms with E-state index in [2.05, 4.69) is 20.3 Å². The van der Waals surface area contributed by atoms with Gasteiger partial charge in [-0.15, -0.1) is 0 Å². The number of carboxylic acids is 1. The molecule has 1 aromatic rings. The van der Waals surface area contributed by atoms with Gasteiger partial charge in [0.05, 0.1) is 13.7 Å². The van der Waals surface area contributed by atoms with Crippen LogP contribution in [0.15, 0.2) is 0 Å². The molecule has 1 aliphatic rings. The van der Waals surface area contributed by atoms with Crippen LogP contribution in [-0.4, -0.2) is 51.9 Å². The van der Waals surface area contributed by atoms with Crippen LogP contribution in [0.4, 0.5) is 5.95 Å². The SMILES string of the molecule is COc1nc(Cl)nc(NC2(C(=O)O)CCOC2)n1. The van der Waals surface area contributed by atoms with Gasteiger partial charge in [-0.2, -0.15) is 15.0 Å². The van der Waals surface area contributed by atoms with Crippen LogP contribution < -0.4 is 10.1 Å². The van der Waals surface area contributed by atoms with Crippen molar-refractivity contribution in [2.45, 2.75) is 12.0 Å². The summed E-state index contributed by atoms with van der Waals surface area (Å²) in [5.41, 5.74) is -1.24. The number of hydrogen-bond donors (Lipinski definition) is 2. The summed E-state index contributed by atoms with van der Waals surface area (Å²) in [6.45, 7) is 0.392. The van der Waals surface area contributed by atoms with Crippen LogP contribution in [0, 0.1) is 0 Å². The number of aliphatic carboxylic acids is 1. The van der Waals surface area contributed by atoms with Crippen molar-refractivity contribution in [1.29, 1.82) is 0 Å². The van der Waals surface area contributed by atoms with E-state index in [-0.39, 0.29) is 23.8 Å². The summed E-state index contributed by atoms with van der Waals surface area (Å²) in [5.74, 6) is -0.991. The number of rotatable bonds is 4. The largest absolute Gasteiger partial charge is 0.479 e. The molecule has 1 atom stereocenters. The van der Waals surface area contributed by atoms with Gasteiger partial charge in [-0.05, 0) is 11.6 Å². The van der Waals surface area contributed by atoms with Gasteiger partial charge in [0.25, 0.3) is 0 Å². The van der Waals surface area contributed by atoms with Crippen molar-refractivity contribution in [3.8, 4) is 6.01 Å². The summed E-state index contributed by atoms with van der Waals surface area (Å²) in [4.78, 5) is 22.7. The maximum absolute atomic E-state index is 11.3. The first-order valence-corrected chi connectivity index (χ1v) is 5.48. The Bertz CT molecular complexity index is 464. The molecule has 0 aromatic carbocycles. The highest BCUT2D eigenvalue weighted by Crippen LogP contribution is 2.24. The van der Waals surface area contributed by atoms with Crippen LogP contribution in [0.25, 0.3) is 0 Å². The van der Waals surface area contributed by atoms with Crippen molar-refractivity contribution in [3.05, 3.63) is 5.28 Å². The molecule has 2 heterocycles. The molecule has 8 nitrogen and oxygen atoms in total. The monoisotopic (exact) mass is 274 g/mol. The van der Waals surface area contributed by atoms with Gasteiger partial charge in [-0.1, -0.05) is 0 Å². The normalized spacial score (nSPS) is 22.8. The van der Waals surface area contributed by atoms with E-state index in [9.17, 15) is 9.90 Å². The maximum atomic E-state index is 11.3. The van der Waals surface area contributed by atoms with Gasteiger partial charge >= 0.3 is 12.0 Å². The van der Waals surface area contributed by atoms with E-state index >= 15 is 0 Å². The Kier molecular flexibility index (Phi) is 3.48. The fourth-order valence-corrected chi connectivity index (χ4v) is 1.73. The summed E-state index contributed by atoms with van der Waals surface area (Å²) in [5, 5.41) is 11.9. The lowest BCUT2D eigenvalue weighted by atomic mass is 9.99. The summed E-state index contributed by atoms with van der Waals surface area (Å²) in [7, 11) is 1.38. The minimum atomic E-state index is -1.24. The molecule has 1 fully saturated rings. The van der Waals surface area contributed by atoms with Crippen LogP contribution in [0.5, 0.6) is 6.01 Å². The molecule has 0 saturated carbocycles. The number of hydrogen-bond acceptors (Lipinski definition) is 7. The first-order valence-electron chi connectivity index (χ1n) is 5.11. The Morgan fingerprint density at radius 3 is 2.89 bits per heavy atom. The molecule has 1 aromatic heterocycles. The van der Waals surface area contributed by atoms with Gasteiger partial charge in [-0.25, -0.2) is 4.79 Å². The molecule has 1 aliphatic heterocycles. The van der Waals surface area contributed by atoms with E-state index in [1.165, 1.54) is 7.11 Å². The van der Waals surface area contributed by atoms with Gasteiger partial charge < -0.3 is 19.9 Å². The van der Waals surface area contributed by atoms with Gasteiger partial charge in [0.2, 0.25) is 11.2 Å². The summed E-state index contributed by atoms with van der Waals surface area (Å²) in [6, 6.07) is 0.0111. The average molecular weight is 275 g/mol. The van der Waals surface area contributed by atoms with E-state index in [1.54, 1.807) is 0 Å². The molecule has 18 heavy (non-hydrogen) atoms. The fraction of sp³-hybridized carbons (Fsp3) is 0.556. The first-order chi connectivity index (χ1) is 8.55. The zero-order valence-electron chi connectivity index (χ0n) is 9.51. The van der Waals surface area contributed by atoms with E-state index in [4.69, 9.17) is 21.1 Å². The zero-order chi connectivity index (χ0) is 13.2. The number of aromatic nitrogens is 3. The summed E-state index contributed by atoms with van der Waals surface area (Å²) in [6.07, 6.45) is 0.313. The maximum Gasteiger partial charge on any atom is 0.331 e. The third-order valence-corrected chi connectivity index (χ3v) is 2.72. The van der Waals surface area contributed by atoms with E-state index in [1.807, 2.05) is 0 Å². The molecule has 2 N–H and O–H groups in total. The van der Waals surface area contributed by atoms with Gasteiger partial charge in [0.15, 0.2) is 5.54 Å². The van der Waals surface area contributed by atoms with Crippen molar-refractivity contribution < 1.29 is 19.4 Å². The van der Waals surface area contributed by atoms with Gasteiger partial charge in [0.1, 0.15) is 0 Å². The summed E-state index contributed by atoms with van der Waals surface area (Å²) >= 11 is 5.68. The highest BCUT2D eigenvalue weighted by molar-refractivity contribution is 6.28. The molecule has 9 heteroatoms. The van der Waals surface area contributed by atoms with Crippen LogP contribution in [0.1, 0.15) is 6.42 Å². The van der Waals surface area contributed by atoms with E-state index < -0.39 is 11.5 Å². The number of methoxy groups -OCH3 is 1. The molecule has 1 unspecified atom stereocenters.